The Hall–Kier alpha value is -4.38. The van der Waals surface area contributed by atoms with Gasteiger partial charge in [-0.1, -0.05) is 89.2 Å². The minimum Gasteiger partial charge on any atom is -0.423 e. The third-order valence-electron chi connectivity index (χ3n) is 7.12. The van der Waals surface area contributed by atoms with Gasteiger partial charge in [-0.3, -0.25) is 0 Å². The summed E-state index contributed by atoms with van der Waals surface area (Å²) in [5, 5.41) is 0. The molecule has 0 bridgehead atoms. The SMILES string of the molecule is CCC(C)c1ccc(N(Cc2ccc(C(C)(C)C)cc2)C(N)=Nc2ccc(OC(=O)c3ccccc3)cc2)cc1. The molecule has 0 saturated carbocycles. The second-order valence-corrected chi connectivity index (χ2v) is 11.2. The van der Waals surface area contributed by atoms with Crippen molar-refractivity contribution in [2.24, 2.45) is 10.7 Å². The Bertz CT molecular complexity index is 1420. The number of nitrogens with zero attached hydrogens (tertiary/aromatic N) is 2. The van der Waals surface area contributed by atoms with Gasteiger partial charge in [-0.25, -0.2) is 9.79 Å². The average molecular weight is 534 g/mol. The third-order valence-corrected chi connectivity index (χ3v) is 7.12. The van der Waals surface area contributed by atoms with Gasteiger partial charge in [0.05, 0.1) is 17.8 Å². The summed E-state index contributed by atoms with van der Waals surface area (Å²) in [5.74, 6) is 0.918. The monoisotopic (exact) mass is 533 g/mol. The van der Waals surface area contributed by atoms with Crippen LogP contribution in [0.3, 0.4) is 0 Å². The van der Waals surface area contributed by atoms with Crippen molar-refractivity contribution in [1.29, 1.82) is 0 Å². The Morgan fingerprint density at radius 1 is 0.875 bits per heavy atom. The van der Waals surface area contributed by atoms with Gasteiger partial charge < -0.3 is 15.4 Å². The highest BCUT2D eigenvalue weighted by atomic mass is 16.5. The minimum absolute atomic E-state index is 0.0894. The molecule has 0 aliphatic rings. The summed E-state index contributed by atoms with van der Waals surface area (Å²) < 4.78 is 5.50. The van der Waals surface area contributed by atoms with E-state index in [1.165, 1.54) is 11.1 Å². The summed E-state index contributed by atoms with van der Waals surface area (Å²) in [6.45, 7) is 11.7. The number of benzene rings is 4. The van der Waals surface area contributed by atoms with E-state index in [1.807, 2.05) is 11.0 Å². The molecule has 0 radical (unpaired) electrons. The molecule has 0 amide bonds. The largest absolute Gasteiger partial charge is 0.423 e. The molecule has 4 aromatic rings. The highest BCUT2D eigenvalue weighted by Crippen LogP contribution is 2.27. The van der Waals surface area contributed by atoms with E-state index in [2.05, 4.69) is 83.1 Å². The number of carbonyl (C=O) groups excluding carboxylic acids is 1. The molecule has 5 heteroatoms. The van der Waals surface area contributed by atoms with Crippen LogP contribution in [0.15, 0.2) is 108 Å². The van der Waals surface area contributed by atoms with E-state index < -0.39 is 5.97 Å². The summed E-state index contributed by atoms with van der Waals surface area (Å²) >= 11 is 0. The van der Waals surface area contributed by atoms with E-state index in [4.69, 9.17) is 15.5 Å². The number of ether oxygens (including phenoxy) is 1. The van der Waals surface area contributed by atoms with Crippen LogP contribution in [0.4, 0.5) is 11.4 Å². The summed E-state index contributed by atoms with van der Waals surface area (Å²) in [6, 6.07) is 33.2. The quantitative estimate of drug-likeness (QED) is 0.107. The summed E-state index contributed by atoms with van der Waals surface area (Å²) in [5.41, 5.74) is 12.6. The first kappa shape index (κ1) is 28.6. The fraction of sp³-hybridized carbons (Fsp3) is 0.257. The summed E-state index contributed by atoms with van der Waals surface area (Å²) in [4.78, 5) is 19.1. The molecule has 0 fully saturated rings. The van der Waals surface area contributed by atoms with Crippen molar-refractivity contribution in [3.05, 3.63) is 125 Å². The number of hydrogen-bond donors (Lipinski definition) is 1. The van der Waals surface area contributed by atoms with Gasteiger partial charge in [0.1, 0.15) is 5.75 Å². The molecule has 2 N–H and O–H groups in total. The van der Waals surface area contributed by atoms with Crippen LogP contribution in [0.5, 0.6) is 5.75 Å². The normalized spacial score (nSPS) is 12.6. The van der Waals surface area contributed by atoms with Crippen molar-refractivity contribution in [1.82, 2.24) is 0 Å². The Balaban J connectivity index is 1.57. The molecular weight excluding hydrogens is 494 g/mol. The lowest BCUT2D eigenvalue weighted by Crippen LogP contribution is -2.36. The zero-order chi connectivity index (χ0) is 28.7. The first-order valence-corrected chi connectivity index (χ1v) is 13.8. The topological polar surface area (TPSA) is 67.9 Å². The van der Waals surface area contributed by atoms with Gasteiger partial charge in [-0.15, -0.1) is 0 Å². The Labute approximate surface area is 238 Å². The van der Waals surface area contributed by atoms with E-state index in [9.17, 15) is 4.79 Å². The van der Waals surface area contributed by atoms with Crippen LogP contribution < -0.4 is 15.4 Å². The van der Waals surface area contributed by atoms with Crippen LogP contribution in [-0.2, 0) is 12.0 Å². The zero-order valence-corrected chi connectivity index (χ0v) is 24.1. The molecule has 1 atom stereocenters. The molecule has 206 valence electrons. The van der Waals surface area contributed by atoms with Gasteiger partial charge in [0.2, 0.25) is 5.96 Å². The number of rotatable bonds is 8. The number of guanidine groups is 1. The maximum absolute atomic E-state index is 12.4. The van der Waals surface area contributed by atoms with E-state index in [-0.39, 0.29) is 5.41 Å². The van der Waals surface area contributed by atoms with Crippen LogP contribution in [0.1, 0.15) is 74.0 Å². The second kappa shape index (κ2) is 12.6. The molecule has 4 rings (SSSR count). The Morgan fingerprint density at radius 3 is 2.08 bits per heavy atom. The van der Waals surface area contributed by atoms with Crippen LogP contribution >= 0.6 is 0 Å². The standard InChI is InChI=1S/C35H39N3O2/c1-6-25(2)27-14-20-31(21-15-27)38(24-26-12-16-29(17-13-26)35(3,4)5)34(36)37-30-18-22-32(23-19-30)40-33(39)28-10-8-7-9-11-28/h7-23,25H,6,24H2,1-5H3,(H2,36,37). The molecule has 0 aromatic heterocycles. The van der Waals surface area contributed by atoms with Crippen molar-refractivity contribution in [3.63, 3.8) is 0 Å². The molecular formula is C35H39N3O2. The molecule has 40 heavy (non-hydrogen) atoms. The maximum Gasteiger partial charge on any atom is 0.343 e. The molecule has 0 aliphatic heterocycles. The van der Waals surface area contributed by atoms with Gasteiger partial charge in [0, 0.05) is 5.69 Å². The smallest absolute Gasteiger partial charge is 0.343 e. The van der Waals surface area contributed by atoms with E-state index in [0.29, 0.717) is 35.4 Å². The molecule has 4 aromatic carbocycles. The highest BCUT2D eigenvalue weighted by molar-refractivity contribution is 5.96. The first-order valence-electron chi connectivity index (χ1n) is 13.8. The van der Waals surface area contributed by atoms with E-state index >= 15 is 0 Å². The number of esters is 1. The molecule has 0 spiro atoms. The van der Waals surface area contributed by atoms with Gasteiger partial charge in [0.25, 0.3) is 0 Å². The Morgan fingerprint density at radius 2 is 1.50 bits per heavy atom. The van der Waals surface area contributed by atoms with Gasteiger partial charge in [-0.05, 0) is 83.0 Å². The fourth-order valence-corrected chi connectivity index (χ4v) is 4.34. The van der Waals surface area contributed by atoms with Gasteiger partial charge in [-0.2, -0.15) is 0 Å². The number of carbonyl (C=O) groups is 1. The lowest BCUT2D eigenvalue weighted by molar-refractivity contribution is 0.0734. The maximum atomic E-state index is 12.4. The number of aliphatic imine (C=N–C) groups is 1. The highest BCUT2D eigenvalue weighted by Gasteiger charge is 2.16. The average Bonchev–Trinajstić information content (AvgIpc) is 2.96. The molecule has 0 heterocycles. The van der Waals surface area contributed by atoms with Crippen molar-refractivity contribution < 1.29 is 9.53 Å². The van der Waals surface area contributed by atoms with Crippen LogP contribution in [0, 0.1) is 0 Å². The van der Waals surface area contributed by atoms with E-state index in [1.54, 1.807) is 48.5 Å². The lowest BCUT2D eigenvalue weighted by Gasteiger charge is -2.25. The first-order chi connectivity index (χ1) is 19.1. The second-order valence-electron chi connectivity index (χ2n) is 11.2. The van der Waals surface area contributed by atoms with Crippen molar-refractivity contribution >= 4 is 23.3 Å². The predicted octanol–water partition coefficient (Wildman–Crippen LogP) is 8.37. The molecule has 0 aliphatic carbocycles. The predicted molar refractivity (Wildman–Crippen MR) is 166 cm³/mol. The van der Waals surface area contributed by atoms with Crippen molar-refractivity contribution in [2.75, 3.05) is 4.90 Å². The minimum atomic E-state index is -0.402. The fourth-order valence-electron chi connectivity index (χ4n) is 4.34. The number of anilines is 1. The Kier molecular flexibility index (Phi) is 9.05. The zero-order valence-electron chi connectivity index (χ0n) is 24.1. The van der Waals surface area contributed by atoms with Crippen molar-refractivity contribution in [3.8, 4) is 5.75 Å². The molecule has 0 saturated heterocycles. The number of hydrogen-bond acceptors (Lipinski definition) is 3. The van der Waals surface area contributed by atoms with Crippen LogP contribution in [0.25, 0.3) is 0 Å². The van der Waals surface area contributed by atoms with Crippen LogP contribution in [0.2, 0.25) is 0 Å². The van der Waals surface area contributed by atoms with Crippen molar-refractivity contribution in [2.45, 2.75) is 58.9 Å². The molecule has 1 unspecified atom stereocenters. The molecule has 5 nitrogen and oxygen atoms in total. The summed E-state index contributed by atoms with van der Waals surface area (Å²) in [7, 11) is 0. The van der Waals surface area contributed by atoms with Crippen LogP contribution in [-0.4, -0.2) is 11.9 Å². The summed E-state index contributed by atoms with van der Waals surface area (Å²) in [6.07, 6.45) is 1.09. The van der Waals surface area contributed by atoms with Gasteiger partial charge in [0.15, 0.2) is 0 Å². The number of nitrogens with two attached hydrogens (primary N) is 1. The van der Waals surface area contributed by atoms with E-state index in [0.717, 1.165) is 17.7 Å². The lowest BCUT2D eigenvalue weighted by atomic mass is 9.87. The van der Waals surface area contributed by atoms with Gasteiger partial charge >= 0.3 is 5.97 Å². The third kappa shape index (κ3) is 7.38.